The molecule has 9 heteroatoms. The first-order valence-electron chi connectivity index (χ1n) is 7.39. The lowest BCUT2D eigenvalue weighted by molar-refractivity contribution is -0.118. The molecule has 2 rings (SSSR count). The van der Waals surface area contributed by atoms with Crippen LogP contribution in [0.2, 0.25) is 10.0 Å². The summed E-state index contributed by atoms with van der Waals surface area (Å²) >= 11 is 13.7. The van der Waals surface area contributed by atoms with Gasteiger partial charge in [-0.15, -0.1) is 0 Å². The average Bonchev–Trinajstić information content (AvgIpc) is 2.57. The van der Waals surface area contributed by atoms with E-state index < -0.39 is 11.9 Å². The van der Waals surface area contributed by atoms with Gasteiger partial charge in [0.15, 0.2) is 18.1 Å². The fourth-order valence-corrected chi connectivity index (χ4v) is 3.06. The van der Waals surface area contributed by atoms with Gasteiger partial charge < -0.3 is 19.9 Å². The van der Waals surface area contributed by atoms with Crippen LogP contribution in [0, 0.1) is 3.57 Å². The molecule has 0 aliphatic rings. The Morgan fingerprint density at radius 2 is 1.88 bits per heavy atom. The Hall–Kier alpha value is -1.71. The van der Waals surface area contributed by atoms with E-state index in [9.17, 15) is 9.59 Å². The van der Waals surface area contributed by atoms with E-state index in [0.717, 1.165) is 0 Å². The highest BCUT2D eigenvalue weighted by molar-refractivity contribution is 14.1. The lowest BCUT2D eigenvalue weighted by Crippen LogP contribution is -2.20. The summed E-state index contributed by atoms with van der Waals surface area (Å²) in [7, 11) is 0. The van der Waals surface area contributed by atoms with Gasteiger partial charge in [0, 0.05) is 5.69 Å². The number of aromatic carboxylic acids is 1. The van der Waals surface area contributed by atoms with E-state index in [1.807, 2.05) is 22.6 Å². The van der Waals surface area contributed by atoms with Crippen molar-refractivity contribution in [1.29, 1.82) is 0 Å². The van der Waals surface area contributed by atoms with Crippen molar-refractivity contribution in [3.8, 4) is 11.5 Å². The third-order valence-corrected chi connectivity index (χ3v) is 4.65. The molecule has 2 aromatic rings. The van der Waals surface area contributed by atoms with Gasteiger partial charge in [-0.3, -0.25) is 4.79 Å². The molecule has 0 spiro atoms. The van der Waals surface area contributed by atoms with Gasteiger partial charge in [-0.05, 0) is 59.8 Å². The number of carboxylic acid groups (broad SMARTS) is 1. The van der Waals surface area contributed by atoms with Crippen molar-refractivity contribution in [2.24, 2.45) is 0 Å². The number of carboxylic acids is 1. The van der Waals surface area contributed by atoms with E-state index in [1.54, 1.807) is 19.1 Å². The summed E-state index contributed by atoms with van der Waals surface area (Å²) in [6.45, 7) is 1.80. The molecule has 2 aromatic carbocycles. The first-order valence-corrected chi connectivity index (χ1v) is 9.22. The van der Waals surface area contributed by atoms with Gasteiger partial charge in [-0.2, -0.15) is 0 Å². The molecule has 2 N–H and O–H groups in total. The van der Waals surface area contributed by atoms with E-state index in [0.29, 0.717) is 31.7 Å². The fourth-order valence-electron chi connectivity index (χ4n) is 2.00. The molecule has 138 valence electrons. The number of nitrogens with one attached hydrogen (secondary N) is 1. The SMILES string of the molecule is CCOc1cc(C(=O)O)cc(I)c1OCC(=O)Nc1ccc(Cl)c(Cl)c1. The Bertz CT molecular complexity index is 844. The Morgan fingerprint density at radius 3 is 2.50 bits per heavy atom. The van der Waals surface area contributed by atoms with Crippen molar-refractivity contribution in [3.63, 3.8) is 0 Å². The summed E-state index contributed by atoms with van der Waals surface area (Å²) in [6, 6.07) is 7.51. The molecule has 0 radical (unpaired) electrons. The maximum atomic E-state index is 12.1. The van der Waals surface area contributed by atoms with Crippen molar-refractivity contribution in [2.75, 3.05) is 18.5 Å². The van der Waals surface area contributed by atoms with Crippen LogP contribution in [-0.2, 0) is 4.79 Å². The molecular formula is C17H14Cl2INO5. The number of amides is 1. The summed E-state index contributed by atoms with van der Waals surface area (Å²) in [5.74, 6) is -0.919. The van der Waals surface area contributed by atoms with E-state index >= 15 is 0 Å². The van der Waals surface area contributed by atoms with Crippen LogP contribution < -0.4 is 14.8 Å². The Labute approximate surface area is 173 Å². The second-order valence-corrected chi connectivity index (χ2v) is 6.97. The molecule has 26 heavy (non-hydrogen) atoms. The fraction of sp³-hybridized carbons (Fsp3) is 0.176. The highest BCUT2D eigenvalue weighted by Gasteiger charge is 2.17. The molecule has 0 aromatic heterocycles. The molecule has 0 heterocycles. The zero-order valence-electron chi connectivity index (χ0n) is 13.5. The first-order chi connectivity index (χ1) is 12.3. The molecule has 6 nitrogen and oxygen atoms in total. The summed E-state index contributed by atoms with van der Waals surface area (Å²) in [6.07, 6.45) is 0. The summed E-state index contributed by atoms with van der Waals surface area (Å²) in [4.78, 5) is 23.2. The van der Waals surface area contributed by atoms with E-state index in [4.69, 9.17) is 37.8 Å². The van der Waals surface area contributed by atoms with Crippen LogP contribution in [0.15, 0.2) is 30.3 Å². The Kier molecular flexibility index (Phi) is 7.36. The number of halogens is 3. The molecule has 0 aliphatic carbocycles. The van der Waals surface area contributed by atoms with Gasteiger partial charge in [0.25, 0.3) is 5.91 Å². The minimum atomic E-state index is -1.08. The smallest absolute Gasteiger partial charge is 0.335 e. The van der Waals surface area contributed by atoms with Gasteiger partial charge >= 0.3 is 5.97 Å². The second kappa shape index (κ2) is 9.29. The zero-order valence-corrected chi connectivity index (χ0v) is 17.2. The highest BCUT2D eigenvalue weighted by Crippen LogP contribution is 2.34. The predicted octanol–water partition coefficient (Wildman–Crippen LogP) is 4.71. The Morgan fingerprint density at radius 1 is 1.15 bits per heavy atom. The summed E-state index contributed by atoms with van der Waals surface area (Å²) in [5, 5.41) is 12.5. The van der Waals surface area contributed by atoms with Gasteiger partial charge in [0.05, 0.1) is 25.8 Å². The number of rotatable bonds is 7. The van der Waals surface area contributed by atoms with Crippen molar-refractivity contribution < 1.29 is 24.2 Å². The van der Waals surface area contributed by atoms with Gasteiger partial charge in [-0.25, -0.2) is 4.79 Å². The van der Waals surface area contributed by atoms with Gasteiger partial charge in [0.1, 0.15) is 0 Å². The number of hydrogen-bond acceptors (Lipinski definition) is 4. The first kappa shape index (κ1) is 20.6. The standard InChI is InChI=1S/C17H14Cl2INO5/c1-2-25-14-6-9(17(23)24)5-13(20)16(14)26-8-15(22)21-10-3-4-11(18)12(19)7-10/h3-7H,2,8H2,1H3,(H,21,22)(H,23,24). The molecule has 0 aliphatic heterocycles. The number of carbonyl (C=O) groups is 2. The van der Waals surface area contributed by atoms with Crippen LogP contribution in [0.4, 0.5) is 5.69 Å². The normalized spacial score (nSPS) is 10.3. The maximum Gasteiger partial charge on any atom is 0.335 e. The average molecular weight is 510 g/mol. The Balaban J connectivity index is 2.11. The summed E-state index contributed by atoms with van der Waals surface area (Å²) < 4.78 is 11.5. The van der Waals surface area contributed by atoms with Crippen LogP contribution in [0.25, 0.3) is 0 Å². The van der Waals surface area contributed by atoms with Crippen molar-refractivity contribution >= 4 is 63.4 Å². The minimum Gasteiger partial charge on any atom is -0.490 e. The maximum absolute atomic E-state index is 12.1. The van der Waals surface area contributed by atoms with Crippen LogP contribution in [-0.4, -0.2) is 30.2 Å². The zero-order chi connectivity index (χ0) is 19.3. The number of carbonyl (C=O) groups excluding carboxylic acids is 1. The second-order valence-electron chi connectivity index (χ2n) is 4.99. The molecule has 0 unspecified atom stereocenters. The number of hydrogen-bond donors (Lipinski definition) is 2. The number of benzene rings is 2. The highest BCUT2D eigenvalue weighted by atomic mass is 127. The van der Waals surface area contributed by atoms with Gasteiger partial charge in [0.2, 0.25) is 0 Å². The monoisotopic (exact) mass is 509 g/mol. The third kappa shape index (κ3) is 5.39. The van der Waals surface area contributed by atoms with Crippen molar-refractivity contribution in [2.45, 2.75) is 6.92 Å². The van der Waals surface area contributed by atoms with E-state index in [1.165, 1.54) is 18.2 Å². The topological polar surface area (TPSA) is 84.9 Å². The minimum absolute atomic E-state index is 0.0745. The predicted molar refractivity (Wildman–Crippen MR) is 108 cm³/mol. The summed E-state index contributed by atoms with van der Waals surface area (Å²) in [5.41, 5.74) is 0.555. The molecule has 0 saturated carbocycles. The van der Waals surface area contributed by atoms with Crippen molar-refractivity contribution in [1.82, 2.24) is 0 Å². The number of anilines is 1. The molecule has 0 saturated heterocycles. The largest absolute Gasteiger partial charge is 0.490 e. The lowest BCUT2D eigenvalue weighted by atomic mass is 10.2. The molecule has 0 bridgehead atoms. The molecule has 0 atom stereocenters. The van der Waals surface area contributed by atoms with Crippen molar-refractivity contribution in [3.05, 3.63) is 49.5 Å². The van der Waals surface area contributed by atoms with Gasteiger partial charge in [-0.1, -0.05) is 23.2 Å². The molecule has 1 amide bonds. The van der Waals surface area contributed by atoms with E-state index in [2.05, 4.69) is 5.32 Å². The van der Waals surface area contributed by atoms with Crippen LogP contribution >= 0.6 is 45.8 Å². The van der Waals surface area contributed by atoms with Crippen LogP contribution in [0.5, 0.6) is 11.5 Å². The molecular weight excluding hydrogens is 496 g/mol. The quantitative estimate of drug-likeness (QED) is 0.528. The lowest BCUT2D eigenvalue weighted by Gasteiger charge is -2.14. The van der Waals surface area contributed by atoms with Crippen LogP contribution in [0.3, 0.4) is 0 Å². The van der Waals surface area contributed by atoms with Crippen LogP contribution in [0.1, 0.15) is 17.3 Å². The molecule has 0 fully saturated rings. The number of ether oxygens (including phenoxy) is 2. The van der Waals surface area contributed by atoms with E-state index in [-0.39, 0.29) is 17.9 Å². The third-order valence-electron chi connectivity index (χ3n) is 3.11.